The molecule has 0 aliphatic carbocycles. The summed E-state index contributed by atoms with van der Waals surface area (Å²) in [5.41, 5.74) is 1.34. The van der Waals surface area contributed by atoms with Gasteiger partial charge in [-0.05, 0) is 22.8 Å². The number of rotatable bonds is 7. The molecule has 0 spiro atoms. The van der Waals surface area contributed by atoms with Crippen LogP contribution in [0.5, 0.6) is 0 Å². The molecule has 0 aliphatic heterocycles. The molecule has 0 amide bonds. The van der Waals surface area contributed by atoms with Crippen molar-refractivity contribution in [2.75, 3.05) is 0 Å². The molecule has 0 fully saturated rings. The van der Waals surface area contributed by atoms with E-state index in [2.05, 4.69) is 48.2 Å². The van der Waals surface area contributed by atoms with Crippen molar-refractivity contribution in [1.29, 1.82) is 0 Å². The first kappa shape index (κ1) is 14.5. The van der Waals surface area contributed by atoms with Crippen molar-refractivity contribution >= 4 is 21.6 Å². The first-order valence-corrected chi connectivity index (χ1v) is 8.92. The van der Waals surface area contributed by atoms with Gasteiger partial charge in [0.1, 0.15) is 0 Å². The molecule has 0 radical (unpaired) electrons. The van der Waals surface area contributed by atoms with Crippen molar-refractivity contribution in [3.63, 3.8) is 0 Å². The lowest BCUT2D eigenvalue weighted by Crippen LogP contribution is -2.00. The second kappa shape index (κ2) is 7.60. The molecule has 1 heterocycles. The van der Waals surface area contributed by atoms with Crippen LogP contribution in [-0.2, 0) is 18.7 Å². The summed E-state index contributed by atoms with van der Waals surface area (Å²) in [5.74, 6) is 1.93. The van der Waals surface area contributed by atoms with Gasteiger partial charge in [0.25, 0.3) is 0 Å². The van der Waals surface area contributed by atoms with Crippen LogP contribution in [0.4, 0.5) is 0 Å². The third kappa shape index (κ3) is 4.28. The van der Waals surface area contributed by atoms with Gasteiger partial charge in [0, 0.05) is 18.7 Å². The van der Waals surface area contributed by atoms with Crippen molar-refractivity contribution in [3.8, 4) is 0 Å². The fourth-order valence-corrected chi connectivity index (χ4v) is 3.79. The normalized spacial score (nSPS) is 10.8. The Morgan fingerprint density at radius 2 is 1.95 bits per heavy atom. The third-order valence-corrected chi connectivity index (χ3v) is 4.81. The van der Waals surface area contributed by atoms with Gasteiger partial charge in [-0.3, -0.25) is 0 Å². The SMILES string of the molecule is CCCn1nc(CC)nc1SSCc1ccccc1. The maximum Gasteiger partial charge on any atom is 0.197 e. The van der Waals surface area contributed by atoms with Crippen molar-refractivity contribution < 1.29 is 0 Å². The number of nitrogens with zero attached hydrogens (tertiary/aromatic N) is 3. The first-order chi connectivity index (χ1) is 9.33. The minimum absolute atomic E-state index is 0.896. The Hall–Kier alpha value is -0.940. The summed E-state index contributed by atoms with van der Waals surface area (Å²) in [7, 11) is 3.54. The Morgan fingerprint density at radius 1 is 1.16 bits per heavy atom. The Kier molecular flexibility index (Phi) is 5.79. The van der Waals surface area contributed by atoms with Gasteiger partial charge in [-0.25, -0.2) is 9.67 Å². The van der Waals surface area contributed by atoms with Gasteiger partial charge in [-0.15, -0.1) is 0 Å². The summed E-state index contributed by atoms with van der Waals surface area (Å²) in [6.07, 6.45) is 1.98. The molecule has 0 unspecified atom stereocenters. The molecule has 0 saturated carbocycles. The zero-order chi connectivity index (χ0) is 13.5. The fraction of sp³-hybridized carbons (Fsp3) is 0.429. The number of aromatic nitrogens is 3. The van der Waals surface area contributed by atoms with E-state index in [4.69, 9.17) is 0 Å². The second-order valence-electron chi connectivity index (χ2n) is 4.22. The molecular weight excluding hydrogens is 274 g/mol. The van der Waals surface area contributed by atoms with E-state index in [1.54, 1.807) is 10.8 Å². The zero-order valence-electron chi connectivity index (χ0n) is 11.4. The van der Waals surface area contributed by atoms with Gasteiger partial charge < -0.3 is 0 Å². The lowest BCUT2D eigenvalue weighted by molar-refractivity contribution is 0.548. The number of hydrogen-bond acceptors (Lipinski definition) is 4. The summed E-state index contributed by atoms with van der Waals surface area (Å²) in [6, 6.07) is 10.5. The molecule has 0 aliphatic rings. The van der Waals surface area contributed by atoms with Crippen LogP contribution in [0, 0.1) is 0 Å². The van der Waals surface area contributed by atoms with Crippen LogP contribution in [0.25, 0.3) is 0 Å². The van der Waals surface area contributed by atoms with Gasteiger partial charge in [-0.2, -0.15) is 5.10 Å². The highest BCUT2D eigenvalue weighted by Crippen LogP contribution is 2.32. The Bertz CT molecular complexity index is 497. The molecule has 2 rings (SSSR count). The first-order valence-electron chi connectivity index (χ1n) is 6.60. The van der Waals surface area contributed by atoms with Crippen LogP contribution in [0.2, 0.25) is 0 Å². The average molecular weight is 293 g/mol. The minimum atomic E-state index is 0.896. The van der Waals surface area contributed by atoms with Crippen LogP contribution in [0.3, 0.4) is 0 Å². The van der Waals surface area contributed by atoms with Crippen LogP contribution in [-0.4, -0.2) is 14.8 Å². The van der Waals surface area contributed by atoms with Gasteiger partial charge in [0.2, 0.25) is 0 Å². The lowest BCUT2D eigenvalue weighted by Gasteiger charge is -2.03. The molecule has 19 heavy (non-hydrogen) atoms. The van der Waals surface area contributed by atoms with Crippen LogP contribution >= 0.6 is 21.6 Å². The van der Waals surface area contributed by atoms with E-state index in [-0.39, 0.29) is 0 Å². The van der Waals surface area contributed by atoms with E-state index in [9.17, 15) is 0 Å². The maximum absolute atomic E-state index is 4.57. The highest BCUT2D eigenvalue weighted by Gasteiger charge is 2.09. The molecular formula is C14H19N3S2. The Morgan fingerprint density at radius 3 is 2.63 bits per heavy atom. The molecule has 2 aromatic rings. The summed E-state index contributed by atoms with van der Waals surface area (Å²) in [4.78, 5) is 4.57. The van der Waals surface area contributed by atoms with E-state index in [1.807, 2.05) is 21.5 Å². The Labute approximate surface area is 122 Å². The van der Waals surface area contributed by atoms with Crippen molar-refractivity contribution in [1.82, 2.24) is 14.8 Å². The molecule has 5 heteroatoms. The molecule has 0 N–H and O–H groups in total. The van der Waals surface area contributed by atoms with Gasteiger partial charge in [-0.1, -0.05) is 55.0 Å². The monoisotopic (exact) mass is 293 g/mol. The quantitative estimate of drug-likeness (QED) is 0.716. The number of aryl methyl sites for hydroxylation is 2. The molecule has 0 bridgehead atoms. The number of benzene rings is 1. The lowest BCUT2D eigenvalue weighted by atomic mass is 10.2. The predicted molar refractivity (Wildman–Crippen MR) is 83.3 cm³/mol. The van der Waals surface area contributed by atoms with Crippen LogP contribution < -0.4 is 0 Å². The van der Waals surface area contributed by atoms with Crippen molar-refractivity contribution in [3.05, 3.63) is 41.7 Å². The van der Waals surface area contributed by atoms with E-state index >= 15 is 0 Å². The molecule has 102 valence electrons. The highest BCUT2D eigenvalue weighted by atomic mass is 33.1. The summed E-state index contributed by atoms with van der Waals surface area (Å²) in [6.45, 7) is 5.21. The van der Waals surface area contributed by atoms with E-state index in [0.29, 0.717) is 0 Å². The van der Waals surface area contributed by atoms with Crippen molar-refractivity contribution in [2.45, 2.75) is 44.1 Å². The third-order valence-electron chi connectivity index (χ3n) is 2.64. The summed E-state index contributed by atoms with van der Waals surface area (Å²) < 4.78 is 2.03. The second-order valence-corrected chi connectivity index (χ2v) is 6.48. The molecule has 1 aromatic carbocycles. The van der Waals surface area contributed by atoms with Crippen molar-refractivity contribution in [2.24, 2.45) is 0 Å². The van der Waals surface area contributed by atoms with Gasteiger partial charge >= 0.3 is 0 Å². The fourth-order valence-electron chi connectivity index (χ4n) is 1.67. The topological polar surface area (TPSA) is 30.7 Å². The van der Waals surface area contributed by atoms with E-state index < -0.39 is 0 Å². The highest BCUT2D eigenvalue weighted by molar-refractivity contribution is 8.76. The summed E-state index contributed by atoms with van der Waals surface area (Å²) in [5, 5.41) is 5.54. The smallest absolute Gasteiger partial charge is 0.197 e. The van der Waals surface area contributed by atoms with E-state index in [1.165, 1.54) is 5.56 Å². The number of hydrogen-bond donors (Lipinski definition) is 0. The van der Waals surface area contributed by atoms with Crippen LogP contribution in [0.15, 0.2) is 35.5 Å². The molecule has 0 atom stereocenters. The largest absolute Gasteiger partial charge is 0.240 e. The Balaban J connectivity index is 1.93. The molecule has 3 nitrogen and oxygen atoms in total. The van der Waals surface area contributed by atoms with Gasteiger partial charge in [0.15, 0.2) is 11.0 Å². The maximum atomic E-state index is 4.57. The molecule has 0 saturated heterocycles. The van der Waals surface area contributed by atoms with Crippen LogP contribution in [0.1, 0.15) is 31.7 Å². The van der Waals surface area contributed by atoms with Gasteiger partial charge in [0.05, 0.1) is 0 Å². The predicted octanol–water partition coefficient (Wildman–Crippen LogP) is 4.19. The summed E-state index contributed by atoms with van der Waals surface area (Å²) >= 11 is 0. The average Bonchev–Trinajstić information content (AvgIpc) is 2.83. The minimum Gasteiger partial charge on any atom is -0.240 e. The standard InChI is InChI=1S/C14H19N3S2/c1-3-10-17-14(15-13(4-2)16-17)19-18-11-12-8-6-5-7-9-12/h5-9H,3-4,10-11H2,1-2H3. The zero-order valence-corrected chi connectivity index (χ0v) is 13.0. The van der Waals surface area contributed by atoms with E-state index in [0.717, 1.165) is 36.1 Å². The molecule has 1 aromatic heterocycles.